The van der Waals surface area contributed by atoms with Gasteiger partial charge in [-0.1, -0.05) is 29.8 Å². The van der Waals surface area contributed by atoms with E-state index in [1.54, 1.807) is 36.1 Å². The zero-order chi connectivity index (χ0) is 20.5. The van der Waals surface area contributed by atoms with Gasteiger partial charge in [0.25, 0.3) is 5.56 Å². The number of aromatic nitrogens is 2. The molecule has 4 rings (SSSR count). The first-order chi connectivity index (χ1) is 13.9. The smallest absolute Gasteiger partial charge is 0.311 e. The largest absolute Gasteiger partial charge is 0.454 e. The summed E-state index contributed by atoms with van der Waals surface area (Å²) < 4.78 is 5.53. The fourth-order valence-electron chi connectivity index (χ4n) is 3.46. The van der Waals surface area contributed by atoms with Crippen LogP contribution in [0.5, 0.6) is 0 Å². The maximum absolute atomic E-state index is 12.6. The van der Waals surface area contributed by atoms with Crippen molar-refractivity contribution in [3.8, 4) is 0 Å². The maximum Gasteiger partial charge on any atom is 0.311 e. The van der Waals surface area contributed by atoms with Crippen molar-refractivity contribution in [2.75, 3.05) is 11.4 Å². The molecule has 2 aromatic carbocycles. The highest BCUT2D eigenvalue weighted by atomic mass is 16.5. The monoisotopic (exact) mass is 391 g/mol. The van der Waals surface area contributed by atoms with Gasteiger partial charge in [0.1, 0.15) is 0 Å². The molecule has 1 aliphatic heterocycles. The van der Waals surface area contributed by atoms with E-state index in [4.69, 9.17) is 4.74 Å². The third-order valence-electron chi connectivity index (χ3n) is 5.11. The molecular weight excluding hydrogens is 370 g/mol. The third-order valence-corrected chi connectivity index (χ3v) is 5.11. The van der Waals surface area contributed by atoms with Gasteiger partial charge in [-0.15, -0.1) is 0 Å². The number of nitrogens with zero attached hydrogens (tertiary/aromatic N) is 2. The molecule has 1 amide bonds. The summed E-state index contributed by atoms with van der Waals surface area (Å²) in [4.78, 5) is 45.9. The second-order valence-electron chi connectivity index (χ2n) is 7.29. The number of ether oxygens (including phenoxy) is 1. The standard InChI is InChI=1S/C22H21N3O4/c1-13-7-9-16(10-8-13)25-12-15(11-19(25)26)22(28)29-14(2)20-23-18-6-4-3-5-17(18)21(27)24-20/h3-10,14-15H,11-12H2,1-2H3,(H,23,24,27)/t14-,15-/m0/s1. The molecule has 7 nitrogen and oxygen atoms in total. The number of aryl methyl sites for hydroxylation is 1. The Morgan fingerprint density at radius 1 is 1.17 bits per heavy atom. The number of amides is 1. The van der Waals surface area contributed by atoms with E-state index in [2.05, 4.69) is 9.97 Å². The second-order valence-corrected chi connectivity index (χ2v) is 7.29. The number of anilines is 1. The second kappa shape index (κ2) is 7.50. The van der Waals surface area contributed by atoms with Crippen LogP contribution in [0.1, 0.15) is 30.8 Å². The van der Waals surface area contributed by atoms with Crippen LogP contribution in [0.2, 0.25) is 0 Å². The summed E-state index contributed by atoms with van der Waals surface area (Å²) in [6, 6.07) is 14.6. The summed E-state index contributed by atoms with van der Waals surface area (Å²) in [7, 11) is 0. The van der Waals surface area contributed by atoms with Crippen molar-refractivity contribution in [2.24, 2.45) is 5.92 Å². The van der Waals surface area contributed by atoms with Crippen molar-refractivity contribution < 1.29 is 14.3 Å². The first-order valence-electron chi connectivity index (χ1n) is 9.49. The minimum Gasteiger partial charge on any atom is -0.454 e. The number of benzene rings is 2. The van der Waals surface area contributed by atoms with Gasteiger partial charge in [0.15, 0.2) is 11.9 Å². The Labute approximate surface area is 167 Å². The van der Waals surface area contributed by atoms with Gasteiger partial charge >= 0.3 is 5.97 Å². The molecule has 2 atom stereocenters. The van der Waals surface area contributed by atoms with Crippen LogP contribution in [0.15, 0.2) is 53.3 Å². The SMILES string of the molecule is Cc1ccc(N2C[C@@H](C(=O)O[C@@H](C)c3nc4ccccc4c(=O)[nH]3)CC2=O)cc1. The highest BCUT2D eigenvalue weighted by Gasteiger charge is 2.37. The van der Waals surface area contributed by atoms with Crippen molar-refractivity contribution in [3.63, 3.8) is 0 Å². The highest BCUT2D eigenvalue weighted by molar-refractivity contribution is 5.99. The minimum absolute atomic E-state index is 0.0983. The topological polar surface area (TPSA) is 92.4 Å². The van der Waals surface area contributed by atoms with E-state index in [-0.39, 0.29) is 30.3 Å². The summed E-state index contributed by atoms with van der Waals surface area (Å²) in [6.45, 7) is 3.90. The van der Waals surface area contributed by atoms with E-state index in [1.807, 2.05) is 31.2 Å². The Hall–Kier alpha value is -3.48. The van der Waals surface area contributed by atoms with Gasteiger partial charge in [0.2, 0.25) is 5.91 Å². The number of esters is 1. The van der Waals surface area contributed by atoms with Gasteiger partial charge in [0, 0.05) is 18.7 Å². The summed E-state index contributed by atoms with van der Waals surface area (Å²) in [5.41, 5.74) is 2.12. The molecule has 1 saturated heterocycles. The number of rotatable bonds is 4. The van der Waals surface area contributed by atoms with Gasteiger partial charge in [-0.05, 0) is 38.1 Å². The zero-order valence-electron chi connectivity index (χ0n) is 16.2. The first kappa shape index (κ1) is 18.9. The van der Waals surface area contributed by atoms with Crippen molar-refractivity contribution >= 4 is 28.5 Å². The predicted molar refractivity (Wildman–Crippen MR) is 109 cm³/mol. The molecule has 0 spiro atoms. The van der Waals surface area contributed by atoms with Crippen molar-refractivity contribution in [3.05, 3.63) is 70.3 Å². The van der Waals surface area contributed by atoms with Gasteiger partial charge in [0.05, 0.1) is 16.8 Å². The fourth-order valence-corrected chi connectivity index (χ4v) is 3.46. The van der Waals surface area contributed by atoms with E-state index in [9.17, 15) is 14.4 Å². The summed E-state index contributed by atoms with van der Waals surface area (Å²) in [5, 5.41) is 0.477. The lowest BCUT2D eigenvalue weighted by Crippen LogP contribution is -2.27. The molecule has 0 aliphatic carbocycles. The van der Waals surface area contributed by atoms with E-state index in [0.29, 0.717) is 10.9 Å². The molecule has 7 heteroatoms. The number of fused-ring (bicyclic) bond motifs is 1. The molecule has 1 aromatic heterocycles. The third kappa shape index (κ3) is 3.76. The molecule has 1 fully saturated rings. The number of H-pyrrole nitrogens is 1. The van der Waals surface area contributed by atoms with Crippen LogP contribution in [-0.4, -0.2) is 28.4 Å². The van der Waals surface area contributed by atoms with Crippen LogP contribution in [0.3, 0.4) is 0 Å². The molecule has 148 valence electrons. The van der Waals surface area contributed by atoms with E-state index < -0.39 is 18.0 Å². The number of hydrogen-bond acceptors (Lipinski definition) is 5. The first-order valence-corrected chi connectivity index (χ1v) is 9.49. The fraction of sp³-hybridized carbons (Fsp3) is 0.273. The van der Waals surface area contributed by atoms with Crippen molar-refractivity contribution in [1.82, 2.24) is 9.97 Å². The van der Waals surface area contributed by atoms with Crippen LogP contribution in [0, 0.1) is 12.8 Å². The number of carbonyl (C=O) groups excluding carboxylic acids is 2. The number of hydrogen-bond donors (Lipinski definition) is 1. The molecule has 1 aliphatic rings. The van der Waals surface area contributed by atoms with Gasteiger partial charge < -0.3 is 14.6 Å². The lowest BCUT2D eigenvalue weighted by atomic mass is 10.1. The Kier molecular flexibility index (Phi) is 4.88. The molecular formula is C22H21N3O4. The average molecular weight is 391 g/mol. The molecule has 0 bridgehead atoms. The number of nitrogens with one attached hydrogen (secondary N) is 1. The maximum atomic E-state index is 12.6. The van der Waals surface area contributed by atoms with Crippen LogP contribution in [0.25, 0.3) is 10.9 Å². The van der Waals surface area contributed by atoms with Crippen molar-refractivity contribution in [2.45, 2.75) is 26.4 Å². The zero-order valence-corrected chi connectivity index (χ0v) is 16.2. The summed E-state index contributed by atoms with van der Waals surface area (Å²) in [6.07, 6.45) is -0.635. The molecule has 2 heterocycles. The minimum atomic E-state index is -0.733. The van der Waals surface area contributed by atoms with E-state index >= 15 is 0 Å². The number of carbonyl (C=O) groups is 2. The normalized spacial score (nSPS) is 17.5. The molecule has 3 aromatic rings. The summed E-state index contributed by atoms with van der Waals surface area (Å²) >= 11 is 0. The van der Waals surface area contributed by atoms with Crippen LogP contribution in [-0.2, 0) is 14.3 Å². The Morgan fingerprint density at radius 3 is 2.66 bits per heavy atom. The van der Waals surface area contributed by atoms with Crippen molar-refractivity contribution in [1.29, 1.82) is 0 Å². The molecule has 1 N–H and O–H groups in total. The van der Waals surface area contributed by atoms with Crippen LogP contribution in [0.4, 0.5) is 5.69 Å². The van der Waals surface area contributed by atoms with Gasteiger partial charge in [-0.25, -0.2) is 4.98 Å². The molecule has 0 radical (unpaired) electrons. The Bertz CT molecular complexity index is 1140. The van der Waals surface area contributed by atoms with Gasteiger partial charge in [-0.3, -0.25) is 14.4 Å². The van der Waals surface area contributed by atoms with Gasteiger partial charge in [-0.2, -0.15) is 0 Å². The molecule has 0 unspecified atom stereocenters. The van der Waals surface area contributed by atoms with Crippen LogP contribution < -0.4 is 10.5 Å². The highest BCUT2D eigenvalue weighted by Crippen LogP contribution is 2.27. The predicted octanol–water partition coefficient (Wildman–Crippen LogP) is 2.89. The Balaban J connectivity index is 1.47. The van der Waals surface area contributed by atoms with E-state index in [0.717, 1.165) is 11.3 Å². The molecule has 0 saturated carbocycles. The molecule has 29 heavy (non-hydrogen) atoms. The van der Waals surface area contributed by atoms with Crippen LogP contribution >= 0.6 is 0 Å². The van der Waals surface area contributed by atoms with E-state index in [1.165, 1.54) is 0 Å². The lowest BCUT2D eigenvalue weighted by molar-refractivity contribution is -0.153. The number of aromatic amines is 1. The average Bonchev–Trinajstić information content (AvgIpc) is 3.10. The quantitative estimate of drug-likeness (QED) is 0.691. The lowest BCUT2D eigenvalue weighted by Gasteiger charge is -2.18. The number of para-hydroxylation sites is 1. The Morgan fingerprint density at radius 2 is 1.90 bits per heavy atom. The summed E-state index contributed by atoms with van der Waals surface area (Å²) in [5.74, 6) is -0.864.